The van der Waals surface area contributed by atoms with Crippen molar-refractivity contribution in [1.82, 2.24) is 15.1 Å². The Morgan fingerprint density at radius 2 is 1.69 bits per heavy atom. The second-order valence-electron chi connectivity index (χ2n) is 11.9. The number of aliphatic hydroxyl groups is 4. The van der Waals surface area contributed by atoms with E-state index in [2.05, 4.69) is 5.32 Å². The number of hydrogen-bond donors (Lipinski definition) is 5. The number of ether oxygens (including phenoxy) is 1. The smallest absolute Gasteiger partial charge is 0.410 e. The lowest BCUT2D eigenvalue weighted by Crippen LogP contribution is -2.57. The number of carbonyl (C=O) groups is 1. The average molecular weight is 490 g/mol. The van der Waals surface area contributed by atoms with Crippen molar-refractivity contribution in [2.24, 2.45) is 5.41 Å². The summed E-state index contributed by atoms with van der Waals surface area (Å²) in [4.78, 5) is 15.7. The molecule has 3 aliphatic heterocycles. The van der Waals surface area contributed by atoms with Gasteiger partial charge in [-0.3, -0.25) is 5.32 Å². The molecule has 5 rings (SSSR count). The minimum atomic E-state index is -1.03. The Bertz CT molecular complexity index is 949. The topological polar surface area (TPSA) is 126 Å². The molecule has 0 radical (unpaired) electrons. The van der Waals surface area contributed by atoms with E-state index < -0.39 is 36.6 Å². The van der Waals surface area contributed by atoms with Crippen LogP contribution in [0.3, 0.4) is 0 Å². The minimum Gasteiger partial charge on any atom is -0.444 e. The zero-order valence-electron chi connectivity index (χ0n) is 20.9. The highest BCUT2D eigenvalue weighted by atomic mass is 16.6. The van der Waals surface area contributed by atoms with Gasteiger partial charge < -0.3 is 30.1 Å². The van der Waals surface area contributed by atoms with Gasteiger partial charge in [-0.25, -0.2) is 9.69 Å². The van der Waals surface area contributed by atoms with E-state index in [1.807, 2.05) is 43.9 Å². The van der Waals surface area contributed by atoms with Crippen LogP contribution in [0.5, 0.6) is 0 Å². The number of likely N-dealkylation sites (tertiary alicyclic amines) is 1. The van der Waals surface area contributed by atoms with Gasteiger partial charge >= 0.3 is 6.09 Å². The van der Waals surface area contributed by atoms with E-state index in [-0.39, 0.29) is 11.5 Å². The first-order chi connectivity index (χ1) is 16.5. The molecule has 1 saturated carbocycles. The monoisotopic (exact) mass is 489 g/mol. The predicted octanol–water partition coefficient (Wildman–Crippen LogP) is 2.27. The molecule has 1 aromatic rings. The van der Waals surface area contributed by atoms with Crippen LogP contribution >= 0.6 is 0 Å². The van der Waals surface area contributed by atoms with Crippen molar-refractivity contribution >= 4 is 6.09 Å². The van der Waals surface area contributed by atoms with E-state index in [1.54, 1.807) is 0 Å². The number of aliphatic hydroxyl groups excluding tert-OH is 4. The largest absolute Gasteiger partial charge is 0.444 e. The Labute approximate surface area is 206 Å². The van der Waals surface area contributed by atoms with E-state index in [0.29, 0.717) is 29.9 Å². The van der Waals surface area contributed by atoms with Gasteiger partial charge in [0.2, 0.25) is 0 Å². The molecule has 9 heteroatoms. The fraction of sp³-hybridized carbons (Fsp3) is 0.731. The molecule has 35 heavy (non-hydrogen) atoms. The van der Waals surface area contributed by atoms with Gasteiger partial charge in [0, 0.05) is 24.2 Å². The highest BCUT2D eigenvalue weighted by Crippen LogP contribution is 2.57. The Kier molecular flexibility index (Phi) is 6.39. The van der Waals surface area contributed by atoms with Crippen molar-refractivity contribution in [3.05, 3.63) is 34.9 Å². The van der Waals surface area contributed by atoms with Crippen LogP contribution in [0.1, 0.15) is 94.4 Å². The summed E-state index contributed by atoms with van der Waals surface area (Å²) in [6, 6.07) is 5.45. The van der Waals surface area contributed by atoms with E-state index in [1.165, 1.54) is 4.90 Å². The van der Waals surface area contributed by atoms with E-state index >= 15 is 0 Å². The summed E-state index contributed by atoms with van der Waals surface area (Å²) in [6.45, 7) is 7.10. The van der Waals surface area contributed by atoms with Gasteiger partial charge in [-0.1, -0.05) is 18.2 Å². The van der Waals surface area contributed by atoms with Gasteiger partial charge in [-0.05, 0) is 76.2 Å². The molecule has 1 aromatic carbocycles. The lowest BCUT2D eigenvalue weighted by atomic mass is 9.56. The van der Waals surface area contributed by atoms with Crippen LogP contribution in [0.15, 0.2) is 18.2 Å². The zero-order chi connectivity index (χ0) is 25.1. The van der Waals surface area contributed by atoms with E-state index in [9.17, 15) is 25.2 Å². The van der Waals surface area contributed by atoms with Gasteiger partial charge in [0.15, 0.2) is 0 Å². The normalized spacial score (nSPS) is 33.5. The summed E-state index contributed by atoms with van der Waals surface area (Å²) in [5, 5.41) is 44.8. The van der Waals surface area contributed by atoms with Crippen molar-refractivity contribution in [3.8, 4) is 0 Å². The molecule has 1 spiro atoms. The molecule has 1 aliphatic carbocycles. The predicted molar refractivity (Wildman–Crippen MR) is 128 cm³/mol. The number of piperidine rings is 2. The second kappa shape index (κ2) is 8.97. The minimum absolute atomic E-state index is 0.230. The Balaban J connectivity index is 1.21. The third kappa shape index (κ3) is 4.70. The molecule has 4 aliphatic rings. The van der Waals surface area contributed by atoms with Crippen molar-refractivity contribution in [2.75, 3.05) is 13.1 Å². The molecule has 5 N–H and O–H groups in total. The third-order valence-electron chi connectivity index (χ3n) is 8.38. The number of carbonyl (C=O) groups excluding carboxylic acids is 1. The molecule has 5 unspecified atom stereocenters. The molecule has 194 valence electrons. The average Bonchev–Trinajstić information content (AvgIpc) is 3.01. The molecule has 5 atom stereocenters. The standard InChI is InChI=1S/C26H39N3O6/c1-25(2,3)35-24(34)28-10-8-26(9-11-28)13-16(14-26)15-4-5-17-18(12-15)23(33)29(22(17)32)19-6-7-20(30)27-21(19)31/h4-5,12,16,19-23,27,30-33H,6-11,13-14H2,1-3H3. The molecular formula is C26H39N3O6. The maximum atomic E-state index is 12.4. The highest BCUT2D eigenvalue weighted by Gasteiger charge is 2.49. The summed E-state index contributed by atoms with van der Waals surface area (Å²) in [6.07, 6.45) is 0.903. The van der Waals surface area contributed by atoms with Crippen molar-refractivity contribution in [3.63, 3.8) is 0 Å². The van der Waals surface area contributed by atoms with Crippen LogP contribution in [0.4, 0.5) is 4.79 Å². The van der Waals surface area contributed by atoms with Crippen LogP contribution < -0.4 is 5.32 Å². The van der Waals surface area contributed by atoms with Crippen LogP contribution in [0.2, 0.25) is 0 Å². The lowest BCUT2D eigenvalue weighted by Gasteiger charge is -2.52. The van der Waals surface area contributed by atoms with Gasteiger partial charge in [-0.2, -0.15) is 0 Å². The number of rotatable bonds is 2. The fourth-order valence-corrected chi connectivity index (χ4v) is 6.43. The van der Waals surface area contributed by atoms with E-state index in [4.69, 9.17) is 4.74 Å². The van der Waals surface area contributed by atoms with Crippen molar-refractivity contribution < 1.29 is 30.0 Å². The van der Waals surface area contributed by atoms with Crippen LogP contribution in [-0.2, 0) is 4.74 Å². The molecular weight excluding hydrogens is 450 g/mol. The summed E-state index contributed by atoms with van der Waals surface area (Å²) >= 11 is 0. The zero-order valence-corrected chi connectivity index (χ0v) is 20.9. The molecule has 9 nitrogen and oxygen atoms in total. The molecule has 1 amide bonds. The van der Waals surface area contributed by atoms with Gasteiger partial charge in [0.1, 0.15) is 30.5 Å². The Morgan fingerprint density at radius 1 is 1.03 bits per heavy atom. The maximum Gasteiger partial charge on any atom is 0.410 e. The van der Waals surface area contributed by atoms with Crippen LogP contribution in [0.25, 0.3) is 0 Å². The molecule has 0 aromatic heterocycles. The molecule has 0 bridgehead atoms. The SMILES string of the molecule is CC(C)(C)OC(=O)N1CCC2(CC1)CC(c1ccc3c(c1)C(O)N(C1CCC(O)NC1O)C3O)C2. The first-order valence-electron chi connectivity index (χ1n) is 12.8. The van der Waals surface area contributed by atoms with Crippen molar-refractivity contribution in [2.45, 2.75) is 102 Å². The second-order valence-corrected chi connectivity index (χ2v) is 11.9. The number of hydrogen-bond acceptors (Lipinski definition) is 8. The number of fused-ring (bicyclic) bond motifs is 1. The quantitative estimate of drug-likeness (QED) is 0.428. The van der Waals surface area contributed by atoms with Gasteiger partial charge in [0.25, 0.3) is 0 Å². The first-order valence-corrected chi connectivity index (χ1v) is 12.8. The molecule has 2 saturated heterocycles. The molecule has 3 fully saturated rings. The first kappa shape index (κ1) is 24.9. The van der Waals surface area contributed by atoms with Crippen molar-refractivity contribution in [1.29, 1.82) is 0 Å². The number of amides is 1. The van der Waals surface area contributed by atoms with Crippen LogP contribution in [0, 0.1) is 5.41 Å². The van der Waals surface area contributed by atoms with Gasteiger partial charge in [0.05, 0.1) is 6.04 Å². The summed E-state index contributed by atoms with van der Waals surface area (Å²) in [7, 11) is 0. The maximum absolute atomic E-state index is 12.4. The number of benzene rings is 1. The summed E-state index contributed by atoms with van der Waals surface area (Å²) in [5.74, 6) is 0.392. The molecule has 3 heterocycles. The third-order valence-corrected chi connectivity index (χ3v) is 8.38. The Hall–Kier alpha value is -1.75. The highest BCUT2D eigenvalue weighted by molar-refractivity contribution is 5.68. The number of nitrogens with zero attached hydrogens (tertiary/aromatic N) is 2. The van der Waals surface area contributed by atoms with Crippen LogP contribution in [-0.4, -0.2) is 73.5 Å². The van der Waals surface area contributed by atoms with E-state index in [0.717, 1.165) is 44.3 Å². The fourth-order valence-electron chi connectivity index (χ4n) is 6.43. The number of nitrogens with one attached hydrogen (secondary N) is 1. The summed E-state index contributed by atoms with van der Waals surface area (Å²) in [5.41, 5.74) is 2.29. The summed E-state index contributed by atoms with van der Waals surface area (Å²) < 4.78 is 5.52. The Morgan fingerprint density at radius 3 is 2.31 bits per heavy atom. The lowest BCUT2D eigenvalue weighted by molar-refractivity contribution is -0.159. The van der Waals surface area contributed by atoms with Gasteiger partial charge in [-0.15, -0.1) is 0 Å².